The first-order valence-electron chi connectivity index (χ1n) is 9.73. The fourth-order valence-electron chi connectivity index (χ4n) is 3.72. The lowest BCUT2D eigenvalue weighted by atomic mass is 9.88. The smallest absolute Gasteiger partial charge is 0.149 e. The minimum absolute atomic E-state index is 0.422. The average molecular weight is 348 g/mol. The van der Waals surface area contributed by atoms with Gasteiger partial charge in [0.15, 0.2) is 0 Å². The molecule has 3 heteroatoms. The van der Waals surface area contributed by atoms with Crippen LogP contribution >= 0.6 is 0 Å². The Morgan fingerprint density at radius 1 is 0.962 bits per heavy atom. The minimum atomic E-state index is 0.422. The molecule has 26 heavy (non-hydrogen) atoms. The van der Waals surface area contributed by atoms with Gasteiger partial charge >= 0.3 is 0 Å². The molecule has 0 amide bonds. The number of hydrogen-bond donors (Lipinski definition) is 1. The Kier molecular flexibility index (Phi) is 5.87. The summed E-state index contributed by atoms with van der Waals surface area (Å²) in [5, 5.41) is 11.2. The van der Waals surface area contributed by atoms with Crippen molar-refractivity contribution in [3.8, 4) is 11.3 Å². The molecule has 0 saturated carbocycles. The number of fused-ring (bicyclic) bond motifs is 1. The summed E-state index contributed by atoms with van der Waals surface area (Å²) >= 11 is 0. The van der Waals surface area contributed by atoms with Gasteiger partial charge in [-0.25, -0.2) is 0 Å². The summed E-state index contributed by atoms with van der Waals surface area (Å²) in [6, 6.07) is 14.9. The van der Waals surface area contributed by atoms with Gasteiger partial charge in [0.25, 0.3) is 0 Å². The van der Waals surface area contributed by atoms with Crippen molar-refractivity contribution in [3.63, 3.8) is 0 Å². The van der Waals surface area contributed by atoms with Crippen LogP contribution in [0.15, 0.2) is 42.5 Å². The molecule has 0 aliphatic carbocycles. The van der Waals surface area contributed by atoms with E-state index in [2.05, 4.69) is 73.4 Å². The average Bonchev–Trinajstić information content (AvgIpc) is 2.66. The molecule has 0 aliphatic heterocycles. The predicted molar refractivity (Wildman–Crippen MR) is 111 cm³/mol. The molecule has 1 unspecified atom stereocenters. The minimum Gasteiger partial charge on any atom is -0.382 e. The first-order chi connectivity index (χ1) is 12.6. The van der Waals surface area contributed by atoms with Gasteiger partial charge in [0.05, 0.1) is 5.69 Å². The molecule has 1 aromatic heterocycles. The van der Waals surface area contributed by atoms with Crippen LogP contribution in [0, 0.1) is 6.92 Å². The summed E-state index contributed by atoms with van der Waals surface area (Å²) < 4.78 is 0. The van der Waals surface area contributed by atoms with E-state index in [9.17, 15) is 0 Å². The summed E-state index contributed by atoms with van der Waals surface area (Å²) in [5.41, 5.74) is 10.5. The van der Waals surface area contributed by atoms with Gasteiger partial charge < -0.3 is 5.73 Å². The van der Waals surface area contributed by atoms with Crippen molar-refractivity contribution in [1.29, 1.82) is 0 Å². The van der Waals surface area contributed by atoms with Crippen LogP contribution in [0.4, 0.5) is 5.82 Å². The van der Waals surface area contributed by atoms with E-state index in [1.165, 1.54) is 42.0 Å². The van der Waals surface area contributed by atoms with Crippen molar-refractivity contribution in [2.24, 2.45) is 0 Å². The van der Waals surface area contributed by atoms with Crippen LogP contribution in [-0.4, -0.2) is 10.2 Å². The Labute approximate surface area is 156 Å². The Balaban J connectivity index is 1.99. The van der Waals surface area contributed by atoms with Crippen molar-refractivity contribution in [2.75, 3.05) is 5.73 Å². The van der Waals surface area contributed by atoms with E-state index in [1.54, 1.807) is 0 Å². The topological polar surface area (TPSA) is 51.8 Å². The molecular weight excluding hydrogens is 318 g/mol. The highest BCUT2D eigenvalue weighted by molar-refractivity contribution is 5.87. The summed E-state index contributed by atoms with van der Waals surface area (Å²) in [6.45, 7) is 6.62. The van der Waals surface area contributed by atoms with Crippen molar-refractivity contribution >= 4 is 16.6 Å². The zero-order chi connectivity index (χ0) is 18.5. The van der Waals surface area contributed by atoms with Gasteiger partial charge in [0.2, 0.25) is 0 Å². The van der Waals surface area contributed by atoms with Gasteiger partial charge in [-0.05, 0) is 47.2 Å². The van der Waals surface area contributed by atoms with E-state index >= 15 is 0 Å². The number of hydrogen-bond acceptors (Lipinski definition) is 3. The number of rotatable bonds is 7. The van der Waals surface area contributed by atoms with E-state index < -0.39 is 0 Å². The SMILES string of the molecule is CCCCCCC(C)c1c(-c2ccc3ccccc3c2)nnc(N)c1C. The maximum Gasteiger partial charge on any atom is 0.149 e. The molecule has 1 heterocycles. The summed E-state index contributed by atoms with van der Waals surface area (Å²) in [6.07, 6.45) is 6.26. The molecule has 0 radical (unpaired) electrons. The number of aromatic nitrogens is 2. The van der Waals surface area contributed by atoms with Crippen molar-refractivity contribution in [1.82, 2.24) is 10.2 Å². The van der Waals surface area contributed by atoms with E-state index in [4.69, 9.17) is 5.73 Å². The first-order valence-corrected chi connectivity index (χ1v) is 9.73. The maximum absolute atomic E-state index is 6.10. The van der Waals surface area contributed by atoms with Crippen LogP contribution in [0.5, 0.6) is 0 Å². The molecule has 136 valence electrons. The predicted octanol–water partition coefficient (Wildman–Crippen LogP) is 6.26. The largest absolute Gasteiger partial charge is 0.382 e. The third-order valence-electron chi connectivity index (χ3n) is 5.31. The molecule has 0 bridgehead atoms. The van der Waals surface area contributed by atoms with Crippen LogP contribution in [0.3, 0.4) is 0 Å². The normalized spacial score (nSPS) is 12.4. The second-order valence-electron chi connectivity index (χ2n) is 7.28. The van der Waals surface area contributed by atoms with Crippen LogP contribution < -0.4 is 5.73 Å². The fraction of sp³-hybridized carbons (Fsp3) is 0.391. The van der Waals surface area contributed by atoms with Crippen molar-refractivity contribution in [2.45, 2.75) is 58.8 Å². The second-order valence-corrected chi connectivity index (χ2v) is 7.28. The van der Waals surface area contributed by atoms with E-state index in [-0.39, 0.29) is 0 Å². The monoisotopic (exact) mass is 347 g/mol. The molecule has 1 atom stereocenters. The third kappa shape index (κ3) is 3.87. The Hall–Kier alpha value is -2.42. The molecule has 2 aromatic carbocycles. The Morgan fingerprint density at radius 2 is 1.73 bits per heavy atom. The maximum atomic E-state index is 6.10. The molecule has 2 N–H and O–H groups in total. The lowest BCUT2D eigenvalue weighted by Gasteiger charge is -2.19. The van der Waals surface area contributed by atoms with Gasteiger partial charge in [0.1, 0.15) is 5.82 Å². The lowest BCUT2D eigenvalue weighted by Crippen LogP contribution is -2.08. The number of nitrogens with two attached hydrogens (primary N) is 1. The van der Waals surface area contributed by atoms with Crippen LogP contribution in [0.25, 0.3) is 22.0 Å². The highest BCUT2D eigenvalue weighted by atomic mass is 15.1. The fourth-order valence-corrected chi connectivity index (χ4v) is 3.72. The Morgan fingerprint density at radius 3 is 2.50 bits per heavy atom. The molecule has 3 aromatic rings. The highest BCUT2D eigenvalue weighted by Gasteiger charge is 2.19. The molecule has 0 aliphatic rings. The molecule has 3 nitrogen and oxygen atoms in total. The first kappa shape index (κ1) is 18.4. The van der Waals surface area contributed by atoms with E-state index in [1.807, 2.05) is 0 Å². The zero-order valence-corrected chi connectivity index (χ0v) is 16.1. The van der Waals surface area contributed by atoms with Gasteiger partial charge in [-0.2, -0.15) is 0 Å². The second kappa shape index (κ2) is 8.31. The summed E-state index contributed by atoms with van der Waals surface area (Å²) in [5.74, 6) is 0.969. The number of nitrogen functional groups attached to an aromatic ring is 1. The number of anilines is 1. The van der Waals surface area contributed by atoms with Crippen molar-refractivity contribution < 1.29 is 0 Å². The molecular formula is C23H29N3. The zero-order valence-electron chi connectivity index (χ0n) is 16.1. The number of unbranched alkanes of at least 4 members (excludes halogenated alkanes) is 3. The molecule has 0 saturated heterocycles. The Bertz CT molecular complexity index is 886. The van der Waals surface area contributed by atoms with E-state index in [0.29, 0.717) is 11.7 Å². The molecule has 0 fully saturated rings. The quantitative estimate of drug-likeness (QED) is 0.513. The van der Waals surface area contributed by atoms with Gasteiger partial charge in [0, 0.05) is 5.56 Å². The van der Waals surface area contributed by atoms with Crippen molar-refractivity contribution in [3.05, 3.63) is 53.6 Å². The summed E-state index contributed by atoms with van der Waals surface area (Å²) in [7, 11) is 0. The lowest BCUT2D eigenvalue weighted by molar-refractivity contribution is 0.577. The summed E-state index contributed by atoms with van der Waals surface area (Å²) in [4.78, 5) is 0. The van der Waals surface area contributed by atoms with Gasteiger partial charge in [-0.1, -0.05) is 75.9 Å². The number of benzene rings is 2. The van der Waals surface area contributed by atoms with Crippen LogP contribution in [0.1, 0.15) is 63.0 Å². The molecule has 0 spiro atoms. The molecule has 3 rings (SSSR count). The number of nitrogens with zero attached hydrogens (tertiary/aromatic N) is 2. The van der Waals surface area contributed by atoms with Gasteiger partial charge in [-0.3, -0.25) is 0 Å². The van der Waals surface area contributed by atoms with Crippen LogP contribution in [-0.2, 0) is 0 Å². The highest BCUT2D eigenvalue weighted by Crippen LogP contribution is 2.35. The standard InChI is InChI=1S/C23H29N3/c1-4-5-6-7-10-16(2)21-17(3)23(24)26-25-22(21)20-14-13-18-11-8-9-12-19(18)15-20/h8-9,11-16H,4-7,10H2,1-3H3,(H2,24,26). The third-order valence-corrected chi connectivity index (χ3v) is 5.31. The van der Waals surface area contributed by atoms with Gasteiger partial charge in [-0.15, -0.1) is 10.2 Å². The van der Waals surface area contributed by atoms with E-state index in [0.717, 1.165) is 23.2 Å². The van der Waals surface area contributed by atoms with Crippen LogP contribution in [0.2, 0.25) is 0 Å².